The normalized spacial score (nSPS) is 16.2. The molecule has 0 spiro atoms. The second-order valence-electron chi connectivity index (χ2n) is 6.06. The molecule has 2 rings (SSSR count). The summed E-state index contributed by atoms with van der Waals surface area (Å²) in [5, 5.41) is 10.8. The van der Waals surface area contributed by atoms with Crippen molar-refractivity contribution in [2.75, 3.05) is 0 Å². The van der Waals surface area contributed by atoms with Gasteiger partial charge >= 0.3 is 0 Å². The van der Waals surface area contributed by atoms with E-state index in [0.29, 0.717) is 11.4 Å². The summed E-state index contributed by atoms with van der Waals surface area (Å²) in [6, 6.07) is 2.11. The van der Waals surface area contributed by atoms with E-state index in [2.05, 4.69) is 6.07 Å². The first-order valence-corrected chi connectivity index (χ1v) is 7.07. The number of fused-ring (bicyclic) bond motifs is 1. The van der Waals surface area contributed by atoms with Gasteiger partial charge in [0.1, 0.15) is 5.75 Å². The molecular formula is C15H22ClNO. The van der Waals surface area contributed by atoms with Crippen LogP contribution >= 0.6 is 11.6 Å². The van der Waals surface area contributed by atoms with Gasteiger partial charge in [-0.3, -0.25) is 0 Å². The molecular weight excluding hydrogens is 246 g/mol. The predicted molar refractivity (Wildman–Crippen MR) is 76.3 cm³/mol. The van der Waals surface area contributed by atoms with Crippen LogP contribution in [-0.2, 0) is 19.3 Å². The summed E-state index contributed by atoms with van der Waals surface area (Å²) in [6.45, 7) is 3.93. The summed E-state index contributed by atoms with van der Waals surface area (Å²) in [7, 11) is 0. The van der Waals surface area contributed by atoms with E-state index >= 15 is 0 Å². The fraction of sp³-hybridized carbons (Fsp3) is 0.600. The quantitative estimate of drug-likeness (QED) is 0.805. The summed E-state index contributed by atoms with van der Waals surface area (Å²) in [5.74, 6) is 0.232. The maximum atomic E-state index is 10.2. The number of halogens is 1. The van der Waals surface area contributed by atoms with Crippen molar-refractivity contribution in [1.29, 1.82) is 0 Å². The van der Waals surface area contributed by atoms with E-state index < -0.39 is 0 Å². The molecule has 0 aromatic heterocycles. The Morgan fingerprint density at radius 1 is 1.28 bits per heavy atom. The highest BCUT2D eigenvalue weighted by Gasteiger charge is 2.21. The van der Waals surface area contributed by atoms with E-state index in [0.717, 1.165) is 30.4 Å². The van der Waals surface area contributed by atoms with Gasteiger partial charge < -0.3 is 10.8 Å². The molecule has 100 valence electrons. The number of aromatic hydroxyl groups is 1. The van der Waals surface area contributed by atoms with Crippen molar-refractivity contribution < 1.29 is 5.11 Å². The van der Waals surface area contributed by atoms with E-state index in [9.17, 15) is 5.11 Å². The highest BCUT2D eigenvalue weighted by molar-refractivity contribution is 6.33. The molecule has 0 saturated heterocycles. The molecule has 1 aromatic rings. The monoisotopic (exact) mass is 267 g/mol. The van der Waals surface area contributed by atoms with Gasteiger partial charge in [0.2, 0.25) is 0 Å². The number of nitrogens with two attached hydrogens (primary N) is 1. The van der Waals surface area contributed by atoms with Crippen LogP contribution in [0.15, 0.2) is 6.07 Å². The highest BCUT2D eigenvalue weighted by Crippen LogP contribution is 2.37. The van der Waals surface area contributed by atoms with Crippen LogP contribution < -0.4 is 5.73 Å². The summed E-state index contributed by atoms with van der Waals surface area (Å²) in [5.41, 5.74) is 9.03. The van der Waals surface area contributed by atoms with Gasteiger partial charge in [-0.2, -0.15) is 0 Å². The van der Waals surface area contributed by atoms with Crippen LogP contribution in [0.2, 0.25) is 5.02 Å². The molecule has 0 unspecified atom stereocenters. The van der Waals surface area contributed by atoms with E-state index in [4.69, 9.17) is 17.3 Å². The van der Waals surface area contributed by atoms with Gasteiger partial charge in [0, 0.05) is 5.54 Å². The minimum Gasteiger partial charge on any atom is -0.506 e. The van der Waals surface area contributed by atoms with Crippen LogP contribution in [0, 0.1) is 0 Å². The number of aryl methyl sites for hydroxylation is 1. The molecule has 0 heterocycles. The Morgan fingerprint density at radius 3 is 2.61 bits per heavy atom. The molecule has 1 aliphatic rings. The lowest BCUT2D eigenvalue weighted by Crippen LogP contribution is -2.34. The van der Waals surface area contributed by atoms with Gasteiger partial charge in [-0.1, -0.05) is 24.1 Å². The third-order valence-corrected chi connectivity index (χ3v) is 3.94. The van der Waals surface area contributed by atoms with Crippen LogP contribution in [0.4, 0.5) is 0 Å². The van der Waals surface area contributed by atoms with Gasteiger partial charge in [0.15, 0.2) is 0 Å². The summed E-state index contributed by atoms with van der Waals surface area (Å²) in [4.78, 5) is 0. The molecule has 18 heavy (non-hydrogen) atoms. The van der Waals surface area contributed by atoms with Gasteiger partial charge in [-0.25, -0.2) is 0 Å². The molecule has 0 bridgehead atoms. The van der Waals surface area contributed by atoms with Crippen LogP contribution in [-0.4, -0.2) is 10.6 Å². The lowest BCUT2D eigenvalue weighted by molar-refractivity contribution is 0.449. The number of hydrogen-bond acceptors (Lipinski definition) is 2. The van der Waals surface area contributed by atoms with Crippen molar-refractivity contribution in [2.24, 2.45) is 5.73 Å². The molecule has 3 N–H and O–H groups in total. The largest absolute Gasteiger partial charge is 0.506 e. The first kappa shape index (κ1) is 13.7. The number of phenolic OH excluding ortho intramolecular Hbond substituents is 1. The van der Waals surface area contributed by atoms with Gasteiger partial charge in [0.25, 0.3) is 0 Å². The average Bonchev–Trinajstić information content (AvgIpc) is 2.49. The first-order chi connectivity index (χ1) is 8.38. The number of benzene rings is 1. The fourth-order valence-electron chi connectivity index (χ4n) is 2.70. The van der Waals surface area contributed by atoms with Crippen molar-refractivity contribution in [1.82, 2.24) is 0 Å². The van der Waals surface area contributed by atoms with E-state index in [-0.39, 0.29) is 11.3 Å². The first-order valence-electron chi connectivity index (χ1n) is 6.69. The Hall–Kier alpha value is -0.730. The van der Waals surface area contributed by atoms with Gasteiger partial charge in [0.05, 0.1) is 5.02 Å². The lowest BCUT2D eigenvalue weighted by atomic mass is 9.91. The summed E-state index contributed by atoms with van der Waals surface area (Å²) in [6.07, 6.45) is 6.30. The maximum absolute atomic E-state index is 10.2. The highest BCUT2D eigenvalue weighted by atomic mass is 35.5. The molecule has 0 aliphatic heterocycles. The Morgan fingerprint density at radius 2 is 1.94 bits per heavy atom. The van der Waals surface area contributed by atoms with Crippen LogP contribution in [0.3, 0.4) is 0 Å². The number of hydrogen-bond donors (Lipinski definition) is 2. The second-order valence-corrected chi connectivity index (χ2v) is 6.44. The SMILES string of the molecule is CC(C)(N)Cc1cc2c(c(Cl)c1O)CCCCC2. The summed E-state index contributed by atoms with van der Waals surface area (Å²) < 4.78 is 0. The van der Waals surface area contributed by atoms with Crippen molar-refractivity contribution in [2.45, 2.75) is 57.9 Å². The van der Waals surface area contributed by atoms with Crippen molar-refractivity contribution in [3.8, 4) is 5.75 Å². The molecule has 2 nitrogen and oxygen atoms in total. The van der Waals surface area contributed by atoms with Crippen LogP contribution in [0.25, 0.3) is 0 Å². The van der Waals surface area contributed by atoms with Gasteiger partial charge in [-0.05, 0) is 62.6 Å². The maximum Gasteiger partial charge on any atom is 0.137 e. The Balaban J connectivity index is 2.44. The number of rotatable bonds is 2. The molecule has 1 aromatic carbocycles. The zero-order valence-corrected chi connectivity index (χ0v) is 12.0. The van der Waals surface area contributed by atoms with E-state index in [1.165, 1.54) is 18.4 Å². The standard InChI is InChI=1S/C15H22ClNO/c1-15(2,17)9-11-8-10-6-4-3-5-7-12(10)13(16)14(11)18/h8,18H,3-7,9,17H2,1-2H3. The second kappa shape index (κ2) is 5.10. The third-order valence-electron chi connectivity index (χ3n) is 3.53. The fourth-order valence-corrected chi connectivity index (χ4v) is 3.04. The molecule has 1 aliphatic carbocycles. The summed E-state index contributed by atoms with van der Waals surface area (Å²) >= 11 is 6.33. The molecule has 0 atom stereocenters. The van der Waals surface area contributed by atoms with Crippen molar-refractivity contribution >= 4 is 11.6 Å². The zero-order valence-electron chi connectivity index (χ0n) is 11.2. The van der Waals surface area contributed by atoms with E-state index in [1.807, 2.05) is 13.8 Å². The molecule has 3 heteroatoms. The topological polar surface area (TPSA) is 46.2 Å². The van der Waals surface area contributed by atoms with Gasteiger partial charge in [-0.15, -0.1) is 0 Å². The average molecular weight is 268 g/mol. The van der Waals surface area contributed by atoms with Crippen LogP contribution in [0.1, 0.15) is 49.8 Å². The van der Waals surface area contributed by atoms with Crippen LogP contribution in [0.5, 0.6) is 5.75 Å². The molecule has 0 radical (unpaired) electrons. The minimum atomic E-state index is -0.334. The molecule has 0 fully saturated rings. The third kappa shape index (κ3) is 2.99. The molecule has 0 amide bonds. The van der Waals surface area contributed by atoms with Crippen molar-refractivity contribution in [3.05, 3.63) is 27.8 Å². The Bertz CT molecular complexity index is 449. The minimum absolute atomic E-state index is 0.232. The zero-order chi connectivity index (χ0) is 13.3. The lowest BCUT2D eigenvalue weighted by Gasteiger charge is -2.21. The number of phenols is 1. The predicted octanol–water partition coefficient (Wildman–Crippen LogP) is 3.59. The molecule has 0 saturated carbocycles. The Kier molecular flexibility index (Phi) is 3.88. The Labute approximate surface area is 114 Å². The van der Waals surface area contributed by atoms with Crippen molar-refractivity contribution in [3.63, 3.8) is 0 Å². The smallest absolute Gasteiger partial charge is 0.137 e. The van der Waals surface area contributed by atoms with E-state index in [1.54, 1.807) is 0 Å².